The summed E-state index contributed by atoms with van der Waals surface area (Å²) in [5.74, 6) is 2.24. The van der Waals surface area contributed by atoms with E-state index in [4.69, 9.17) is 10.5 Å². The molecule has 3 aromatic rings. The molecule has 0 bridgehead atoms. The molecule has 0 aliphatic carbocycles. The summed E-state index contributed by atoms with van der Waals surface area (Å²) < 4.78 is 10.4. The van der Waals surface area contributed by atoms with Crippen LogP contribution in [0.4, 0.5) is 5.69 Å². The zero-order valence-corrected chi connectivity index (χ0v) is 16.6. The summed E-state index contributed by atoms with van der Waals surface area (Å²) in [5.41, 5.74) is 10.2. The fourth-order valence-electron chi connectivity index (χ4n) is 3.69. The predicted molar refractivity (Wildman–Crippen MR) is 99.9 cm³/mol. The fraction of sp³-hybridized carbons (Fsp3) is 0.286. The van der Waals surface area contributed by atoms with E-state index in [0.29, 0.717) is 0 Å². The van der Waals surface area contributed by atoms with Crippen molar-refractivity contribution in [1.29, 1.82) is 0 Å². The highest BCUT2D eigenvalue weighted by atomic mass is 79.9. The van der Waals surface area contributed by atoms with Crippen LogP contribution in [0.3, 0.4) is 0 Å². The van der Waals surface area contributed by atoms with Gasteiger partial charge >= 0.3 is 0 Å². The first-order chi connectivity index (χ1) is 12.3. The molecule has 0 unspecified atom stereocenters. The lowest BCUT2D eigenvalue weighted by Crippen LogP contribution is -3.00. The number of benzene rings is 2. The molecule has 2 heterocycles. The molecule has 0 saturated heterocycles. The van der Waals surface area contributed by atoms with Gasteiger partial charge < -0.3 is 27.5 Å². The third-order valence-electron chi connectivity index (χ3n) is 4.97. The van der Waals surface area contributed by atoms with Crippen LogP contribution in [0.15, 0.2) is 54.7 Å². The topological polar surface area (TPSA) is 44.1 Å². The molecule has 1 aliphatic rings. The van der Waals surface area contributed by atoms with E-state index >= 15 is 0 Å². The zero-order chi connectivity index (χ0) is 17.2. The van der Waals surface area contributed by atoms with E-state index < -0.39 is 0 Å². The number of halogens is 1. The highest BCUT2D eigenvalue weighted by molar-refractivity contribution is 5.62. The standard InChI is InChI=1S/C21H24N3O.BrH/c1-25-20-8-5-4-7-18(20)24-15-19(16-10-12-17(22)13-11-16)23-14-6-2-3-9-21(23)24;/h4-5,7-8,10-13,15H,2-3,6,9,14,22H2,1H3;1H/q+1;/p-1. The van der Waals surface area contributed by atoms with Crippen molar-refractivity contribution >= 4 is 5.69 Å². The minimum atomic E-state index is 0. The fourth-order valence-corrected chi connectivity index (χ4v) is 3.69. The van der Waals surface area contributed by atoms with Crippen LogP contribution in [-0.2, 0) is 13.0 Å². The van der Waals surface area contributed by atoms with Crippen LogP contribution in [-0.4, -0.2) is 11.7 Å². The monoisotopic (exact) mass is 413 g/mol. The van der Waals surface area contributed by atoms with Crippen LogP contribution in [0.25, 0.3) is 16.9 Å². The van der Waals surface area contributed by atoms with Crippen molar-refractivity contribution < 1.29 is 26.3 Å². The number of hydrogen-bond donors (Lipinski definition) is 1. The normalized spacial score (nSPS) is 13.4. The van der Waals surface area contributed by atoms with Gasteiger partial charge in [0.15, 0.2) is 17.1 Å². The van der Waals surface area contributed by atoms with E-state index in [1.165, 1.54) is 36.3 Å². The Kier molecular flexibility index (Phi) is 5.67. The van der Waals surface area contributed by atoms with E-state index in [1.54, 1.807) is 7.11 Å². The Morgan fingerprint density at radius 3 is 2.54 bits per heavy atom. The lowest BCUT2D eigenvalue weighted by molar-refractivity contribution is -0.604. The summed E-state index contributed by atoms with van der Waals surface area (Å²) in [4.78, 5) is 0. The second kappa shape index (κ2) is 7.96. The van der Waals surface area contributed by atoms with Gasteiger partial charge in [-0.3, -0.25) is 0 Å². The minimum Gasteiger partial charge on any atom is -1.00 e. The van der Waals surface area contributed by atoms with Crippen LogP contribution in [0.5, 0.6) is 5.75 Å². The molecule has 2 N–H and O–H groups in total. The van der Waals surface area contributed by atoms with Gasteiger partial charge in [0.05, 0.1) is 13.7 Å². The van der Waals surface area contributed by atoms with Gasteiger partial charge in [0.2, 0.25) is 0 Å². The van der Waals surface area contributed by atoms with Crippen molar-refractivity contribution in [3.63, 3.8) is 0 Å². The summed E-state index contributed by atoms with van der Waals surface area (Å²) >= 11 is 0. The smallest absolute Gasteiger partial charge is 0.262 e. The molecule has 26 heavy (non-hydrogen) atoms. The van der Waals surface area contributed by atoms with Crippen molar-refractivity contribution in [2.75, 3.05) is 12.8 Å². The third kappa shape index (κ3) is 3.36. The number of rotatable bonds is 3. The molecule has 0 fully saturated rings. The molecule has 1 aliphatic heterocycles. The Labute approximate surface area is 165 Å². The van der Waals surface area contributed by atoms with Crippen molar-refractivity contribution in [3.05, 3.63) is 60.6 Å². The molecule has 4 rings (SSSR count). The van der Waals surface area contributed by atoms with Gasteiger partial charge in [-0.2, -0.15) is 4.57 Å². The van der Waals surface area contributed by atoms with Crippen LogP contribution in [0.1, 0.15) is 25.1 Å². The van der Waals surface area contributed by atoms with E-state index in [-0.39, 0.29) is 17.0 Å². The number of aromatic nitrogens is 2. The first-order valence-corrected chi connectivity index (χ1v) is 8.91. The maximum Gasteiger partial charge on any atom is 0.262 e. The Balaban J connectivity index is 0.00000196. The van der Waals surface area contributed by atoms with Crippen LogP contribution >= 0.6 is 0 Å². The van der Waals surface area contributed by atoms with Crippen molar-refractivity contribution in [3.8, 4) is 22.7 Å². The largest absolute Gasteiger partial charge is 1.00 e. The second-order valence-corrected chi connectivity index (χ2v) is 6.56. The van der Waals surface area contributed by atoms with Crippen LogP contribution in [0.2, 0.25) is 0 Å². The lowest BCUT2D eigenvalue weighted by atomic mass is 10.1. The third-order valence-corrected chi connectivity index (χ3v) is 4.97. The summed E-state index contributed by atoms with van der Waals surface area (Å²) in [6.45, 7) is 1.05. The molecule has 2 aromatic carbocycles. The highest BCUT2D eigenvalue weighted by Crippen LogP contribution is 2.27. The van der Waals surface area contributed by atoms with Crippen molar-refractivity contribution in [2.24, 2.45) is 0 Å². The first kappa shape index (κ1) is 18.5. The Morgan fingerprint density at radius 2 is 1.77 bits per heavy atom. The Hall–Kier alpha value is -2.27. The molecule has 0 amide bonds. The average Bonchev–Trinajstić information content (AvgIpc) is 2.83. The summed E-state index contributed by atoms with van der Waals surface area (Å²) in [6, 6.07) is 16.4. The van der Waals surface area contributed by atoms with Gasteiger partial charge in [0.1, 0.15) is 6.20 Å². The first-order valence-electron chi connectivity index (χ1n) is 8.91. The predicted octanol–water partition coefficient (Wildman–Crippen LogP) is 0.753. The zero-order valence-electron chi connectivity index (χ0n) is 15.0. The Bertz CT molecular complexity index is 887. The molecule has 136 valence electrons. The number of methoxy groups -OCH3 is 1. The summed E-state index contributed by atoms with van der Waals surface area (Å²) in [7, 11) is 1.73. The number of imidazole rings is 1. The number of nitrogen functional groups attached to an aromatic ring is 1. The molecule has 5 heteroatoms. The van der Waals surface area contributed by atoms with Gasteiger partial charge in [0.25, 0.3) is 5.82 Å². The van der Waals surface area contributed by atoms with E-state index in [9.17, 15) is 0 Å². The van der Waals surface area contributed by atoms with Crippen LogP contribution in [0, 0.1) is 0 Å². The molecule has 0 spiro atoms. The number of ether oxygens (including phenoxy) is 1. The molecule has 0 radical (unpaired) electrons. The number of hydrogen-bond acceptors (Lipinski definition) is 2. The maximum absolute atomic E-state index is 5.87. The van der Waals surface area contributed by atoms with Gasteiger partial charge in [-0.05, 0) is 55.7 Å². The SMILES string of the molecule is COc1ccccc1-[n+]1cc(-c2ccc(N)cc2)n2c1CCCCC2.[Br-]. The van der Waals surface area contributed by atoms with E-state index in [2.05, 4.69) is 39.6 Å². The molecule has 0 saturated carbocycles. The number of para-hydroxylation sites is 2. The summed E-state index contributed by atoms with van der Waals surface area (Å²) in [5, 5.41) is 0. The average molecular weight is 414 g/mol. The second-order valence-electron chi connectivity index (χ2n) is 6.56. The number of nitrogens with two attached hydrogens (primary N) is 1. The van der Waals surface area contributed by atoms with Crippen LogP contribution < -0.4 is 32.0 Å². The molecule has 4 nitrogen and oxygen atoms in total. The van der Waals surface area contributed by atoms with E-state index in [1.807, 2.05) is 24.3 Å². The molecule has 0 atom stereocenters. The lowest BCUT2D eigenvalue weighted by Gasteiger charge is -2.06. The quantitative estimate of drug-likeness (QED) is 0.508. The summed E-state index contributed by atoms with van der Waals surface area (Å²) in [6.07, 6.45) is 7.03. The van der Waals surface area contributed by atoms with Gasteiger partial charge in [-0.25, -0.2) is 4.57 Å². The number of fused-ring (bicyclic) bond motifs is 1. The van der Waals surface area contributed by atoms with Crippen molar-refractivity contribution in [1.82, 2.24) is 4.57 Å². The molecule has 1 aromatic heterocycles. The highest BCUT2D eigenvalue weighted by Gasteiger charge is 2.28. The molecular formula is C21H24BrN3O. The maximum atomic E-state index is 5.87. The number of nitrogens with zero attached hydrogens (tertiary/aromatic N) is 2. The number of anilines is 1. The minimum absolute atomic E-state index is 0. The van der Waals surface area contributed by atoms with Gasteiger partial charge in [-0.1, -0.05) is 12.1 Å². The molecular weight excluding hydrogens is 390 g/mol. The van der Waals surface area contributed by atoms with Gasteiger partial charge in [0, 0.05) is 17.7 Å². The van der Waals surface area contributed by atoms with Crippen molar-refractivity contribution in [2.45, 2.75) is 32.2 Å². The van der Waals surface area contributed by atoms with Gasteiger partial charge in [-0.15, -0.1) is 0 Å². The van der Waals surface area contributed by atoms with E-state index in [0.717, 1.165) is 30.1 Å². The Morgan fingerprint density at radius 1 is 1.00 bits per heavy atom.